The molecule has 3 heterocycles. The van der Waals surface area contributed by atoms with Gasteiger partial charge in [-0.2, -0.15) is 16.4 Å². The van der Waals surface area contributed by atoms with E-state index >= 15 is 0 Å². The molecule has 9 heteroatoms. The minimum absolute atomic E-state index is 0.0251. The Balaban J connectivity index is 1.33. The average Bonchev–Trinajstić information content (AvgIpc) is 3.51. The normalized spacial score (nSPS) is 10.8. The number of hydrogen-bond donors (Lipinski definition) is 1. The number of hydrogen-bond acceptors (Lipinski definition) is 7. The Morgan fingerprint density at radius 2 is 1.88 bits per heavy atom. The van der Waals surface area contributed by atoms with Gasteiger partial charge in [-0.25, -0.2) is 9.67 Å². The summed E-state index contributed by atoms with van der Waals surface area (Å²) in [7, 11) is 0. The van der Waals surface area contributed by atoms with Crippen molar-refractivity contribution in [1.82, 2.24) is 14.8 Å². The third kappa shape index (κ3) is 4.95. The summed E-state index contributed by atoms with van der Waals surface area (Å²) < 4.78 is 6.93. The monoisotopic (exact) mass is 466 g/mol. The van der Waals surface area contributed by atoms with Gasteiger partial charge in [0.2, 0.25) is 0 Å². The standard InChI is InChI=1S/C23H22N4O3S2/c1-14-4-6-19(7-5-14)27-16(3)22(15(2)26-27)25-20(28)11-30-21(29)10-18-13-32-23(24-18)17-8-9-31-12-17/h4-9,12-13H,10-11H2,1-3H3,(H,25,28). The molecule has 1 aromatic carbocycles. The van der Waals surface area contributed by atoms with Gasteiger partial charge >= 0.3 is 5.97 Å². The van der Waals surface area contributed by atoms with Gasteiger partial charge in [-0.05, 0) is 44.4 Å². The quantitative estimate of drug-likeness (QED) is 0.399. The lowest BCUT2D eigenvalue weighted by atomic mass is 10.2. The molecule has 0 spiro atoms. The second-order valence-electron chi connectivity index (χ2n) is 7.33. The first kappa shape index (κ1) is 21.9. The number of thiazole rings is 1. The molecule has 4 rings (SSSR count). The maximum absolute atomic E-state index is 12.4. The van der Waals surface area contributed by atoms with E-state index in [1.165, 1.54) is 11.3 Å². The van der Waals surface area contributed by atoms with Crippen molar-refractivity contribution in [3.05, 3.63) is 69.1 Å². The van der Waals surface area contributed by atoms with Crippen molar-refractivity contribution in [3.63, 3.8) is 0 Å². The highest BCUT2D eigenvalue weighted by molar-refractivity contribution is 7.14. The second kappa shape index (κ2) is 9.46. The molecule has 0 aliphatic carbocycles. The van der Waals surface area contributed by atoms with E-state index in [1.807, 2.05) is 67.2 Å². The number of benzene rings is 1. The molecular formula is C23H22N4O3S2. The molecule has 164 valence electrons. The zero-order valence-corrected chi connectivity index (χ0v) is 19.5. The Hall–Kier alpha value is -3.30. The van der Waals surface area contributed by atoms with Crippen LogP contribution in [0.25, 0.3) is 16.3 Å². The molecule has 7 nitrogen and oxygen atoms in total. The summed E-state index contributed by atoms with van der Waals surface area (Å²) in [5.41, 5.74) is 5.84. The summed E-state index contributed by atoms with van der Waals surface area (Å²) in [5.74, 6) is -0.906. The molecule has 0 atom stereocenters. The highest BCUT2D eigenvalue weighted by Gasteiger charge is 2.17. The third-order valence-electron chi connectivity index (χ3n) is 4.84. The number of carbonyl (C=O) groups is 2. The molecule has 0 radical (unpaired) electrons. The Labute approximate surface area is 193 Å². The van der Waals surface area contributed by atoms with E-state index in [0.717, 1.165) is 27.5 Å². The number of nitrogens with one attached hydrogen (secondary N) is 1. The Kier molecular flexibility index (Phi) is 6.48. The third-order valence-corrected chi connectivity index (χ3v) is 6.47. The van der Waals surface area contributed by atoms with Gasteiger partial charge in [-0.3, -0.25) is 9.59 Å². The average molecular weight is 467 g/mol. The number of carbonyl (C=O) groups excluding carboxylic acids is 2. The lowest BCUT2D eigenvalue weighted by Gasteiger charge is -2.08. The first-order chi connectivity index (χ1) is 15.4. The van der Waals surface area contributed by atoms with E-state index in [-0.39, 0.29) is 13.0 Å². The molecule has 0 unspecified atom stereocenters. The van der Waals surface area contributed by atoms with Gasteiger partial charge in [-0.1, -0.05) is 17.7 Å². The number of aromatic nitrogens is 3. The van der Waals surface area contributed by atoms with Crippen LogP contribution < -0.4 is 5.32 Å². The van der Waals surface area contributed by atoms with Crippen LogP contribution in [0.5, 0.6) is 0 Å². The maximum atomic E-state index is 12.4. The number of ether oxygens (including phenoxy) is 1. The number of esters is 1. The zero-order chi connectivity index (χ0) is 22.7. The van der Waals surface area contributed by atoms with Gasteiger partial charge in [-0.15, -0.1) is 11.3 Å². The van der Waals surface area contributed by atoms with Crippen molar-refractivity contribution in [1.29, 1.82) is 0 Å². The van der Waals surface area contributed by atoms with E-state index in [2.05, 4.69) is 15.4 Å². The van der Waals surface area contributed by atoms with Crippen LogP contribution in [0, 0.1) is 20.8 Å². The van der Waals surface area contributed by atoms with Crippen LogP contribution in [-0.2, 0) is 20.7 Å². The fourth-order valence-corrected chi connectivity index (χ4v) is 4.72. The number of aryl methyl sites for hydroxylation is 2. The Bertz CT molecular complexity index is 1240. The van der Waals surface area contributed by atoms with Crippen LogP contribution in [0.1, 0.15) is 22.6 Å². The molecule has 0 saturated carbocycles. The largest absolute Gasteiger partial charge is 0.455 e. The van der Waals surface area contributed by atoms with Gasteiger partial charge in [0, 0.05) is 16.3 Å². The molecule has 3 aromatic heterocycles. The predicted molar refractivity (Wildman–Crippen MR) is 126 cm³/mol. The summed E-state index contributed by atoms with van der Waals surface area (Å²) >= 11 is 3.08. The van der Waals surface area contributed by atoms with Crippen molar-refractivity contribution in [3.8, 4) is 16.3 Å². The van der Waals surface area contributed by atoms with E-state index in [1.54, 1.807) is 16.0 Å². The van der Waals surface area contributed by atoms with E-state index in [9.17, 15) is 9.59 Å². The molecule has 4 aromatic rings. The fraction of sp³-hybridized carbons (Fsp3) is 0.217. The summed E-state index contributed by atoms with van der Waals surface area (Å²) in [4.78, 5) is 29.0. The number of thiophene rings is 1. The van der Waals surface area contributed by atoms with Gasteiger partial charge in [0.05, 0.1) is 34.9 Å². The fourth-order valence-electron chi connectivity index (χ4n) is 3.19. The van der Waals surface area contributed by atoms with Crippen molar-refractivity contribution < 1.29 is 14.3 Å². The highest BCUT2D eigenvalue weighted by atomic mass is 32.1. The summed E-state index contributed by atoms with van der Waals surface area (Å²) in [6.07, 6.45) is 0.0251. The topological polar surface area (TPSA) is 86.1 Å². The molecule has 0 aliphatic rings. The van der Waals surface area contributed by atoms with Crippen LogP contribution in [0.3, 0.4) is 0 Å². The summed E-state index contributed by atoms with van der Waals surface area (Å²) in [6.45, 7) is 5.37. The minimum atomic E-state index is -0.494. The molecule has 1 amide bonds. The number of amides is 1. The smallest absolute Gasteiger partial charge is 0.312 e. The van der Waals surface area contributed by atoms with Gasteiger partial charge in [0.25, 0.3) is 5.91 Å². The van der Waals surface area contributed by atoms with E-state index in [4.69, 9.17) is 4.74 Å². The Morgan fingerprint density at radius 1 is 1.09 bits per heavy atom. The summed E-state index contributed by atoms with van der Waals surface area (Å²) in [6, 6.07) is 9.96. The van der Waals surface area contributed by atoms with E-state index in [0.29, 0.717) is 17.1 Å². The number of nitrogens with zero attached hydrogens (tertiary/aromatic N) is 3. The highest BCUT2D eigenvalue weighted by Crippen LogP contribution is 2.26. The maximum Gasteiger partial charge on any atom is 0.312 e. The van der Waals surface area contributed by atoms with Crippen LogP contribution in [0.15, 0.2) is 46.5 Å². The zero-order valence-electron chi connectivity index (χ0n) is 17.9. The van der Waals surface area contributed by atoms with Crippen molar-refractivity contribution >= 4 is 40.2 Å². The van der Waals surface area contributed by atoms with Crippen molar-refractivity contribution in [2.24, 2.45) is 0 Å². The summed E-state index contributed by atoms with van der Waals surface area (Å²) in [5, 5.41) is 14.0. The molecule has 0 bridgehead atoms. The lowest BCUT2D eigenvalue weighted by molar-refractivity contribution is -0.146. The number of anilines is 1. The van der Waals surface area contributed by atoms with E-state index < -0.39 is 11.9 Å². The minimum Gasteiger partial charge on any atom is -0.455 e. The molecular weight excluding hydrogens is 444 g/mol. The van der Waals surface area contributed by atoms with Crippen LogP contribution in [0.4, 0.5) is 5.69 Å². The molecule has 0 fully saturated rings. The van der Waals surface area contributed by atoms with Gasteiger partial charge in [0.15, 0.2) is 6.61 Å². The second-order valence-corrected chi connectivity index (χ2v) is 8.97. The SMILES string of the molecule is Cc1ccc(-n2nc(C)c(NC(=O)COC(=O)Cc3csc(-c4ccsc4)n3)c2C)cc1. The first-order valence-corrected chi connectivity index (χ1v) is 11.8. The Morgan fingerprint density at radius 3 is 2.59 bits per heavy atom. The molecule has 1 N–H and O–H groups in total. The van der Waals surface area contributed by atoms with Crippen LogP contribution in [-0.4, -0.2) is 33.2 Å². The lowest BCUT2D eigenvalue weighted by Crippen LogP contribution is -2.22. The van der Waals surface area contributed by atoms with Crippen molar-refractivity contribution in [2.75, 3.05) is 11.9 Å². The number of rotatable bonds is 7. The van der Waals surface area contributed by atoms with Crippen LogP contribution >= 0.6 is 22.7 Å². The van der Waals surface area contributed by atoms with Crippen molar-refractivity contribution in [2.45, 2.75) is 27.2 Å². The van der Waals surface area contributed by atoms with Gasteiger partial charge in [0.1, 0.15) is 5.01 Å². The van der Waals surface area contributed by atoms with Crippen LogP contribution in [0.2, 0.25) is 0 Å². The molecule has 0 aliphatic heterocycles. The molecule has 0 saturated heterocycles. The predicted octanol–water partition coefficient (Wildman–Crippen LogP) is 4.71. The van der Waals surface area contributed by atoms with Gasteiger partial charge < -0.3 is 10.1 Å². The molecule has 32 heavy (non-hydrogen) atoms. The first-order valence-electron chi connectivity index (χ1n) is 9.96.